The second-order valence-electron chi connectivity index (χ2n) is 3.51. The average Bonchev–Trinajstić information content (AvgIpc) is 2.83. The Labute approximate surface area is 94.9 Å². The monoisotopic (exact) mass is 215 g/mol. The van der Waals surface area contributed by atoms with E-state index in [2.05, 4.69) is 6.07 Å². The molecule has 0 amide bonds. The third-order valence-electron chi connectivity index (χ3n) is 2.32. The predicted molar refractivity (Wildman–Crippen MR) is 60.4 cm³/mol. The molecule has 0 saturated carbocycles. The molecular formula is C13H13NO2. The predicted octanol–water partition coefficient (Wildman–Crippen LogP) is 2.66. The molecule has 1 heterocycles. The molecule has 1 aliphatic heterocycles. The van der Waals surface area contributed by atoms with Crippen LogP contribution in [-0.4, -0.2) is 13.2 Å². The van der Waals surface area contributed by atoms with Gasteiger partial charge >= 0.3 is 0 Å². The van der Waals surface area contributed by atoms with Crippen LogP contribution in [0.2, 0.25) is 0 Å². The number of allylic oxidation sites excluding steroid dienone is 1. The van der Waals surface area contributed by atoms with Crippen molar-refractivity contribution in [3.63, 3.8) is 0 Å². The molecule has 0 atom stereocenters. The van der Waals surface area contributed by atoms with Crippen LogP contribution in [0, 0.1) is 11.3 Å². The van der Waals surface area contributed by atoms with E-state index in [0.29, 0.717) is 19.6 Å². The van der Waals surface area contributed by atoms with Gasteiger partial charge < -0.3 is 9.47 Å². The van der Waals surface area contributed by atoms with Crippen LogP contribution in [0.5, 0.6) is 0 Å². The quantitative estimate of drug-likeness (QED) is 0.778. The van der Waals surface area contributed by atoms with Crippen LogP contribution < -0.4 is 0 Å². The number of ether oxygens (including phenoxy) is 2. The molecule has 0 N–H and O–H groups in total. The zero-order chi connectivity index (χ0) is 11.2. The molecule has 1 aliphatic rings. The van der Waals surface area contributed by atoms with Gasteiger partial charge in [-0.25, -0.2) is 0 Å². The standard InChI is InChI=1S/C13H13NO2/c14-7-2-1-4-11-5-3-6-12(10-11)13-15-8-9-16-13/h1,3-6,10,13H,2,8-9H2. The second kappa shape index (κ2) is 5.45. The van der Waals surface area contributed by atoms with Gasteiger partial charge in [0, 0.05) is 5.56 Å². The smallest absolute Gasteiger partial charge is 0.184 e. The summed E-state index contributed by atoms with van der Waals surface area (Å²) in [5.74, 6) is 0. The van der Waals surface area contributed by atoms with Crippen LogP contribution in [0.15, 0.2) is 30.3 Å². The average molecular weight is 215 g/mol. The van der Waals surface area contributed by atoms with Crippen molar-refractivity contribution in [1.29, 1.82) is 5.26 Å². The van der Waals surface area contributed by atoms with E-state index in [9.17, 15) is 0 Å². The van der Waals surface area contributed by atoms with Gasteiger partial charge in [-0.3, -0.25) is 0 Å². The summed E-state index contributed by atoms with van der Waals surface area (Å²) in [6.45, 7) is 1.30. The number of nitriles is 1. The lowest BCUT2D eigenvalue weighted by molar-refractivity contribution is -0.0441. The highest BCUT2D eigenvalue weighted by atomic mass is 16.7. The maximum atomic E-state index is 8.43. The highest BCUT2D eigenvalue weighted by molar-refractivity contribution is 5.50. The van der Waals surface area contributed by atoms with Crippen molar-refractivity contribution in [3.8, 4) is 6.07 Å². The summed E-state index contributed by atoms with van der Waals surface area (Å²) in [6.07, 6.45) is 3.97. The summed E-state index contributed by atoms with van der Waals surface area (Å²) in [5.41, 5.74) is 2.09. The molecule has 16 heavy (non-hydrogen) atoms. The van der Waals surface area contributed by atoms with Crippen LogP contribution in [-0.2, 0) is 9.47 Å². The molecule has 1 saturated heterocycles. The maximum Gasteiger partial charge on any atom is 0.184 e. The number of rotatable bonds is 3. The summed E-state index contributed by atoms with van der Waals surface area (Å²) in [4.78, 5) is 0. The largest absolute Gasteiger partial charge is 0.346 e. The first-order valence-electron chi connectivity index (χ1n) is 5.27. The van der Waals surface area contributed by atoms with Crippen LogP contribution >= 0.6 is 0 Å². The van der Waals surface area contributed by atoms with Gasteiger partial charge in [0.15, 0.2) is 6.29 Å². The van der Waals surface area contributed by atoms with E-state index < -0.39 is 0 Å². The Morgan fingerprint density at radius 1 is 1.38 bits per heavy atom. The molecule has 1 fully saturated rings. The molecule has 2 rings (SSSR count). The van der Waals surface area contributed by atoms with Crippen LogP contribution in [0.4, 0.5) is 0 Å². The van der Waals surface area contributed by atoms with E-state index in [0.717, 1.165) is 11.1 Å². The van der Waals surface area contributed by atoms with Crippen molar-refractivity contribution in [1.82, 2.24) is 0 Å². The first kappa shape index (κ1) is 10.9. The SMILES string of the molecule is N#CCC=Cc1cccc(C2OCCO2)c1. The van der Waals surface area contributed by atoms with E-state index in [4.69, 9.17) is 14.7 Å². The first-order valence-corrected chi connectivity index (χ1v) is 5.27. The molecule has 1 aromatic rings. The van der Waals surface area contributed by atoms with Crippen LogP contribution in [0.25, 0.3) is 6.08 Å². The molecule has 0 aliphatic carbocycles. The van der Waals surface area contributed by atoms with Gasteiger partial charge in [0.25, 0.3) is 0 Å². The van der Waals surface area contributed by atoms with Gasteiger partial charge in [-0.05, 0) is 11.6 Å². The van der Waals surface area contributed by atoms with Crippen LogP contribution in [0.1, 0.15) is 23.8 Å². The Balaban J connectivity index is 2.10. The minimum absolute atomic E-state index is 0.232. The van der Waals surface area contributed by atoms with Crippen molar-refractivity contribution in [3.05, 3.63) is 41.5 Å². The molecule has 0 unspecified atom stereocenters. The Bertz CT molecular complexity index is 414. The first-order chi connectivity index (χ1) is 7.90. The summed E-state index contributed by atoms with van der Waals surface area (Å²) < 4.78 is 10.8. The Kier molecular flexibility index (Phi) is 3.71. The van der Waals surface area contributed by atoms with Crippen molar-refractivity contribution in [2.24, 2.45) is 0 Å². The summed E-state index contributed by atoms with van der Waals surface area (Å²) in [7, 11) is 0. The number of nitrogens with zero attached hydrogens (tertiary/aromatic N) is 1. The number of hydrogen-bond donors (Lipinski definition) is 0. The topological polar surface area (TPSA) is 42.2 Å². The molecule has 0 spiro atoms. The van der Waals surface area contributed by atoms with Gasteiger partial charge in [-0.15, -0.1) is 0 Å². The fourth-order valence-electron chi connectivity index (χ4n) is 1.61. The molecular weight excluding hydrogens is 202 g/mol. The zero-order valence-corrected chi connectivity index (χ0v) is 8.93. The molecule has 0 aromatic heterocycles. The fraction of sp³-hybridized carbons (Fsp3) is 0.308. The van der Waals surface area contributed by atoms with Crippen molar-refractivity contribution < 1.29 is 9.47 Å². The number of hydrogen-bond acceptors (Lipinski definition) is 3. The lowest BCUT2D eigenvalue weighted by atomic mass is 10.1. The summed E-state index contributed by atoms with van der Waals surface area (Å²) in [6, 6.07) is 10.0. The molecule has 82 valence electrons. The normalized spacial score (nSPS) is 16.7. The van der Waals surface area contributed by atoms with E-state index in [1.54, 1.807) is 0 Å². The molecule has 0 radical (unpaired) electrons. The minimum Gasteiger partial charge on any atom is -0.346 e. The third-order valence-corrected chi connectivity index (χ3v) is 2.32. The summed E-state index contributed by atoms with van der Waals surface area (Å²) >= 11 is 0. The second-order valence-corrected chi connectivity index (χ2v) is 3.51. The Morgan fingerprint density at radius 2 is 2.19 bits per heavy atom. The molecule has 3 heteroatoms. The lowest BCUT2D eigenvalue weighted by Crippen LogP contribution is -1.97. The Morgan fingerprint density at radius 3 is 2.94 bits per heavy atom. The molecule has 1 aromatic carbocycles. The van der Waals surface area contributed by atoms with Crippen LogP contribution in [0.3, 0.4) is 0 Å². The number of benzene rings is 1. The van der Waals surface area contributed by atoms with Crippen molar-refractivity contribution >= 4 is 6.08 Å². The highest BCUT2D eigenvalue weighted by Crippen LogP contribution is 2.24. The highest BCUT2D eigenvalue weighted by Gasteiger charge is 2.17. The third kappa shape index (κ3) is 2.69. The van der Waals surface area contributed by atoms with Gasteiger partial charge in [0.2, 0.25) is 0 Å². The summed E-state index contributed by atoms with van der Waals surface area (Å²) in [5, 5.41) is 8.43. The van der Waals surface area contributed by atoms with E-state index in [1.165, 1.54) is 0 Å². The van der Waals surface area contributed by atoms with Crippen molar-refractivity contribution in [2.45, 2.75) is 12.7 Å². The zero-order valence-electron chi connectivity index (χ0n) is 8.93. The lowest BCUT2D eigenvalue weighted by Gasteiger charge is -2.09. The van der Waals surface area contributed by atoms with E-state index in [1.807, 2.05) is 36.4 Å². The molecule has 3 nitrogen and oxygen atoms in total. The fourth-order valence-corrected chi connectivity index (χ4v) is 1.61. The van der Waals surface area contributed by atoms with Gasteiger partial charge in [-0.2, -0.15) is 5.26 Å². The van der Waals surface area contributed by atoms with Crippen molar-refractivity contribution in [2.75, 3.05) is 13.2 Å². The van der Waals surface area contributed by atoms with E-state index >= 15 is 0 Å². The van der Waals surface area contributed by atoms with Gasteiger partial charge in [0.05, 0.1) is 25.7 Å². The molecule has 0 bridgehead atoms. The van der Waals surface area contributed by atoms with E-state index in [-0.39, 0.29) is 6.29 Å². The minimum atomic E-state index is -0.232. The Hall–Kier alpha value is -1.63. The maximum absolute atomic E-state index is 8.43. The van der Waals surface area contributed by atoms with Gasteiger partial charge in [0.1, 0.15) is 0 Å². The van der Waals surface area contributed by atoms with Gasteiger partial charge in [-0.1, -0.05) is 30.4 Å².